The summed E-state index contributed by atoms with van der Waals surface area (Å²) in [4.78, 5) is 22.1. The fourth-order valence-corrected chi connectivity index (χ4v) is 3.00. The molecule has 0 aromatic heterocycles. The van der Waals surface area contributed by atoms with Crippen LogP contribution in [0.3, 0.4) is 0 Å². The van der Waals surface area contributed by atoms with Gasteiger partial charge >= 0.3 is 11.4 Å². The molecule has 156 valence electrons. The van der Waals surface area contributed by atoms with E-state index in [1.54, 1.807) is 24.3 Å². The number of rotatable bonds is 12. The highest BCUT2D eigenvalue weighted by Gasteiger charge is 2.26. The zero-order chi connectivity index (χ0) is 21.2. The molecule has 0 unspecified atom stereocenters. The molecule has 0 atom stereocenters. The second kappa shape index (κ2) is 11.8. The molecule has 0 aliphatic heterocycles. The molecule has 0 radical (unpaired) electrons. The van der Waals surface area contributed by atoms with Gasteiger partial charge in [0.2, 0.25) is 11.5 Å². The van der Waals surface area contributed by atoms with Gasteiger partial charge in [-0.15, -0.1) is 0 Å². The van der Waals surface area contributed by atoms with Crippen molar-refractivity contribution in [1.29, 1.82) is 0 Å². The molecular weight excluding hydrogens is 516 g/mol. The molecule has 9 nitrogen and oxygen atoms in total. The predicted octanol–water partition coefficient (Wildman–Crippen LogP) is 5.12. The lowest BCUT2D eigenvalue weighted by Gasteiger charge is -2.12. The van der Waals surface area contributed by atoms with Crippen molar-refractivity contribution < 1.29 is 24.1 Å². The van der Waals surface area contributed by atoms with Crippen LogP contribution < -0.4 is 4.74 Å². The van der Waals surface area contributed by atoms with E-state index >= 15 is 0 Å². The maximum Gasteiger partial charge on any atom is 0.317 e. The number of hydrogen-bond donors (Lipinski definition) is 0. The fourth-order valence-electron chi connectivity index (χ4n) is 2.54. The zero-order valence-electron chi connectivity index (χ0n) is 15.2. The minimum Gasteiger partial charge on any atom is -0.443 e. The van der Waals surface area contributed by atoms with E-state index in [2.05, 4.69) is 31.9 Å². The van der Waals surface area contributed by atoms with Crippen molar-refractivity contribution in [1.82, 2.24) is 0 Å². The second-order valence-electron chi connectivity index (χ2n) is 5.63. The van der Waals surface area contributed by atoms with Crippen LogP contribution in [0.15, 0.2) is 36.4 Å². The van der Waals surface area contributed by atoms with E-state index < -0.39 is 9.85 Å². The Labute approximate surface area is 183 Å². The molecule has 2 aromatic carbocycles. The largest absolute Gasteiger partial charge is 0.443 e. The number of hydrogen-bond acceptors (Lipinski definition) is 7. The van der Waals surface area contributed by atoms with Crippen molar-refractivity contribution in [3.63, 3.8) is 0 Å². The van der Waals surface area contributed by atoms with Crippen LogP contribution in [0.5, 0.6) is 11.5 Å². The number of nitrogens with zero attached hydrogens (tertiary/aromatic N) is 2. The average molecular weight is 534 g/mol. The van der Waals surface area contributed by atoms with E-state index in [-0.39, 0.29) is 36.1 Å². The number of halogens is 2. The van der Waals surface area contributed by atoms with Crippen LogP contribution in [0.2, 0.25) is 0 Å². The smallest absolute Gasteiger partial charge is 0.317 e. The van der Waals surface area contributed by atoms with Crippen molar-refractivity contribution >= 4 is 43.2 Å². The van der Waals surface area contributed by atoms with Gasteiger partial charge in [0.15, 0.2) is 0 Å². The molecule has 0 aliphatic carbocycles. The summed E-state index contributed by atoms with van der Waals surface area (Å²) in [6, 6.07) is 9.04. The summed E-state index contributed by atoms with van der Waals surface area (Å²) in [6.07, 6.45) is 0. The molecule has 0 saturated heterocycles. The van der Waals surface area contributed by atoms with Crippen LogP contribution in [-0.4, -0.2) is 33.7 Å². The summed E-state index contributed by atoms with van der Waals surface area (Å²) in [5.74, 6) is -0.201. The third-order valence-electron chi connectivity index (χ3n) is 3.71. The Morgan fingerprint density at radius 1 is 0.759 bits per heavy atom. The van der Waals surface area contributed by atoms with E-state index in [0.29, 0.717) is 35.0 Å². The number of nitro groups is 2. The van der Waals surface area contributed by atoms with Crippen molar-refractivity contribution in [2.24, 2.45) is 0 Å². The summed E-state index contributed by atoms with van der Waals surface area (Å²) in [5, 5.41) is 24.4. The van der Waals surface area contributed by atoms with Gasteiger partial charge in [0, 0.05) is 10.7 Å². The Kier molecular flexibility index (Phi) is 9.45. The topological polar surface area (TPSA) is 114 Å². The number of para-hydroxylation sites is 2. The molecule has 11 heteroatoms. The molecule has 0 bridgehead atoms. The highest BCUT2D eigenvalue weighted by Crippen LogP contribution is 2.39. The van der Waals surface area contributed by atoms with Gasteiger partial charge in [-0.05, 0) is 24.3 Å². The van der Waals surface area contributed by atoms with Crippen molar-refractivity contribution in [2.45, 2.75) is 13.2 Å². The van der Waals surface area contributed by atoms with Crippen LogP contribution in [0.1, 0.15) is 11.1 Å². The Morgan fingerprint density at radius 2 is 1.17 bits per heavy atom. The summed E-state index contributed by atoms with van der Waals surface area (Å²) in [5.41, 5.74) is 0.0375. The lowest BCUT2D eigenvalue weighted by atomic mass is 10.1. The maximum absolute atomic E-state index is 11.6. The standard InChI is InChI=1S/C18H18Br2N2O7/c19-7-9-27-11-13-3-1-5-15(17(13)21(23)24)29-16-6-2-4-14(12-28-10-8-20)18(16)22(25)26/h1-6H,7-12H2. The quantitative estimate of drug-likeness (QED) is 0.161. The van der Waals surface area contributed by atoms with E-state index in [1.807, 2.05) is 0 Å². The Balaban J connectivity index is 2.40. The third-order valence-corrected chi connectivity index (χ3v) is 4.36. The lowest BCUT2D eigenvalue weighted by molar-refractivity contribution is -0.388. The second-order valence-corrected chi connectivity index (χ2v) is 7.21. The number of benzene rings is 2. The van der Waals surface area contributed by atoms with Gasteiger partial charge < -0.3 is 14.2 Å². The molecule has 0 aliphatic rings. The molecule has 0 N–H and O–H groups in total. The third kappa shape index (κ3) is 6.46. The highest BCUT2D eigenvalue weighted by atomic mass is 79.9. The average Bonchev–Trinajstić information content (AvgIpc) is 2.68. The Hall–Kier alpha value is -2.08. The van der Waals surface area contributed by atoms with Crippen LogP contribution in [0, 0.1) is 20.2 Å². The normalized spacial score (nSPS) is 10.7. The molecule has 29 heavy (non-hydrogen) atoms. The molecule has 0 heterocycles. The van der Waals surface area contributed by atoms with Crippen molar-refractivity contribution in [3.8, 4) is 11.5 Å². The Bertz CT molecular complexity index is 795. The molecule has 2 rings (SSSR count). The first kappa shape index (κ1) is 23.2. The summed E-state index contributed by atoms with van der Waals surface area (Å²) < 4.78 is 16.4. The monoisotopic (exact) mass is 532 g/mol. The van der Waals surface area contributed by atoms with E-state index in [1.165, 1.54) is 12.1 Å². The van der Waals surface area contributed by atoms with E-state index in [0.717, 1.165) is 0 Å². The lowest BCUT2D eigenvalue weighted by Crippen LogP contribution is -2.04. The molecular formula is C18H18Br2N2O7. The van der Waals surface area contributed by atoms with Crippen LogP contribution in [-0.2, 0) is 22.7 Å². The van der Waals surface area contributed by atoms with E-state index in [4.69, 9.17) is 14.2 Å². The predicted molar refractivity (Wildman–Crippen MR) is 113 cm³/mol. The molecule has 0 fully saturated rings. The minimum absolute atomic E-state index is 0.0155. The summed E-state index contributed by atoms with van der Waals surface area (Å²) in [6.45, 7) is 0.789. The van der Waals surface area contributed by atoms with Gasteiger partial charge in [0.1, 0.15) is 0 Å². The minimum atomic E-state index is -0.586. The molecule has 0 amide bonds. The van der Waals surface area contributed by atoms with Crippen LogP contribution >= 0.6 is 31.9 Å². The summed E-state index contributed by atoms with van der Waals surface area (Å²) in [7, 11) is 0. The number of nitro benzene ring substituents is 2. The first-order valence-electron chi connectivity index (χ1n) is 8.47. The Morgan fingerprint density at radius 3 is 1.52 bits per heavy atom. The summed E-state index contributed by atoms with van der Waals surface area (Å²) >= 11 is 6.44. The molecule has 0 spiro atoms. The van der Waals surface area contributed by atoms with E-state index in [9.17, 15) is 20.2 Å². The first-order valence-corrected chi connectivity index (χ1v) is 10.7. The van der Waals surface area contributed by atoms with Gasteiger partial charge in [-0.2, -0.15) is 0 Å². The molecule has 0 saturated carbocycles. The van der Waals surface area contributed by atoms with Gasteiger partial charge in [0.05, 0.1) is 47.4 Å². The van der Waals surface area contributed by atoms with Crippen molar-refractivity contribution in [3.05, 3.63) is 67.8 Å². The number of ether oxygens (including phenoxy) is 3. The maximum atomic E-state index is 11.6. The van der Waals surface area contributed by atoms with Gasteiger partial charge in [-0.1, -0.05) is 44.0 Å². The SMILES string of the molecule is O=[N+]([O-])c1c(COCCBr)cccc1Oc1cccc(COCCBr)c1[N+](=O)[O-]. The van der Waals surface area contributed by atoms with Crippen LogP contribution in [0.25, 0.3) is 0 Å². The van der Waals surface area contributed by atoms with Gasteiger partial charge in [-0.25, -0.2) is 0 Å². The zero-order valence-corrected chi connectivity index (χ0v) is 18.4. The van der Waals surface area contributed by atoms with Gasteiger partial charge in [0.25, 0.3) is 0 Å². The first-order chi connectivity index (χ1) is 14.0. The molecule has 2 aromatic rings. The van der Waals surface area contributed by atoms with Crippen LogP contribution in [0.4, 0.5) is 11.4 Å². The fraction of sp³-hybridized carbons (Fsp3) is 0.333. The van der Waals surface area contributed by atoms with Crippen molar-refractivity contribution in [2.75, 3.05) is 23.9 Å². The van der Waals surface area contributed by atoms with Gasteiger partial charge in [-0.3, -0.25) is 20.2 Å². The highest BCUT2D eigenvalue weighted by molar-refractivity contribution is 9.09. The number of alkyl halides is 2.